The highest BCUT2D eigenvalue weighted by Crippen LogP contribution is 2.35. The van der Waals surface area contributed by atoms with Crippen LogP contribution in [0.25, 0.3) is 5.57 Å². The van der Waals surface area contributed by atoms with E-state index < -0.39 is 11.7 Å². The molecule has 1 amide bonds. The predicted molar refractivity (Wildman–Crippen MR) is 131 cm³/mol. The normalized spacial score (nSPS) is 14.1. The number of amides is 1. The van der Waals surface area contributed by atoms with Gasteiger partial charge in [0.15, 0.2) is 0 Å². The molecule has 35 heavy (non-hydrogen) atoms. The molecule has 0 saturated carbocycles. The Hall–Kier alpha value is -3.68. The average molecular weight is 481 g/mol. The molecular formula is C27H27F3N4O. The van der Waals surface area contributed by atoms with E-state index >= 15 is 0 Å². The molecule has 2 N–H and O–H groups in total. The maximum atomic E-state index is 13.0. The van der Waals surface area contributed by atoms with Crippen LogP contribution in [0.3, 0.4) is 0 Å². The van der Waals surface area contributed by atoms with Crippen molar-refractivity contribution in [1.29, 1.82) is 0 Å². The van der Waals surface area contributed by atoms with Crippen LogP contribution >= 0.6 is 0 Å². The van der Waals surface area contributed by atoms with Crippen molar-refractivity contribution < 1.29 is 18.0 Å². The molecule has 1 aromatic carbocycles. The molecule has 2 aromatic heterocycles. The highest BCUT2D eigenvalue weighted by atomic mass is 19.4. The van der Waals surface area contributed by atoms with Crippen LogP contribution in [0.5, 0.6) is 0 Å². The highest BCUT2D eigenvalue weighted by Gasteiger charge is 2.30. The third kappa shape index (κ3) is 6.47. The maximum absolute atomic E-state index is 13.0. The molecule has 5 nitrogen and oxygen atoms in total. The van der Waals surface area contributed by atoms with E-state index in [-0.39, 0.29) is 5.91 Å². The molecule has 0 aliphatic heterocycles. The summed E-state index contributed by atoms with van der Waals surface area (Å²) >= 11 is 0. The Labute approximate surface area is 202 Å². The van der Waals surface area contributed by atoms with Crippen molar-refractivity contribution in [2.24, 2.45) is 0 Å². The number of hydrogen-bond donors (Lipinski definition) is 2. The second-order valence-electron chi connectivity index (χ2n) is 8.57. The number of hydrogen-bond acceptors (Lipinski definition) is 4. The van der Waals surface area contributed by atoms with Gasteiger partial charge in [0.25, 0.3) is 5.91 Å². The van der Waals surface area contributed by atoms with Gasteiger partial charge < -0.3 is 10.6 Å². The molecule has 0 unspecified atom stereocenters. The summed E-state index contributed by atoms with van der Waals surface area (Å²) in [5.41, 5.74) is 3.93. The number of aryl methyl sites for hydroxylation is 1. The SMILES string of the molecule is Cc1cccc(CCNc2ccc(NC(=O)C3=C(c4ccc(C(F)(F)F)cc4)CCCC3)cn2)n1. The van der Waals surface area contributed by atoms with Crippen LogP contribution in [-0.4, -0.2) is 22.4 Å². The molecule has 0 atom stereocenters. The molecule has 4 rings (SSSR count). The number of benzene rings is 1. The third-order valence-electron chi connectivity index (χ3n) is 5.96. The maximum Gasteiger partial charge on any atom is 0.416 e. The Morgan fingerprint density at radius 3 is 2.46 bits per heavy atom. The van der Waals surface area contributed by atoms with Crippen LogP contribution in [0.15, 0.2) is 66.4 Å². The summed E-state index contributed by atoms with van der Waals surface area (Å²) < 4.78 is 38.7. The monoisotopic (exact) mass is 480 g/mol. The zero-order valence-corrected chi connectivity index (χ0v) is 19.5. The lowest BCUT2D eigenvalue weighted by molar-refractivity contribution is -0.137. The van der Waals surface area contributed by atoms with Gasteiger partial charge in [0.2, 0.25) is 0 Å². The molecular weight excluding hydrogens is 453 g/mol. The minimum atomic E-state index is -4.38. The summed E-state index contributed by atoms with van der Waals surface area (Å²) in [5, 5.41) is 6.13. The van der Waals surface area contributed by atoms with Crippen LogP contribution < -0.4 is 10.6 Å². The van der Waals surface area contributed by atoms with Crippen molar-refractivity contribution in [2.45, 2.75) is 45.2 Å². The van der Waals surface area contributed by atoms with Gasteiger partial charge >= 0.3 is 6.18 Å². The third-order valence-corrected chi connectivity index (χ3v) is 5.96. The van der Waals surface area contributed by atoms with Gasteiger partial charge in [0.05, 0.1) is 17.4 Å². The molecule has 0 fully saturated rings. The molecule has 0 saturated heterocycles. The molecule has 0 radical (unpaired) electrons. The van der Waals surface area contributed by atoms with Crippen molar-refractivity contribution in [3.8, 4) is 0 Å². The van der Waals surface area contributed by atoms with E-state index in [1.807, 2.05) is 25.1 Å². The second-order valence-corrected chi connectivity index (χ2v) is 8.57. The minimum Gasteiger partial charge on any atom is -0.370 e. The van der Waals surface area contributed by atoms with Gasteiger partial charge in [-0.3, -0.25) is 9.78 Å². The highest BCUT2D eigenvalue weighted by molar-refractivity contribution is 6.09. The van der Waals surface area contributed by atoms with Crippen LogP contribution in [0, 0.1) is 6.92 Å². The first-order chi connectivity index (χ1) is 16.8. The molecule has 3 aromatic rings. The topological polar surface area (TPSA) is 66.9 Å². The van der Waals surface area contributed by atoms with Crippen LogP contribution in [0.1, 0.15) is 48.2 Å². The fourth-order valence-electron chi connectivity index (χ4n) is 4.17. The summed E-state index contributed by atoms with van der Waals surface area (Å²) in [4.78, 5) is 21.9. The first kappa shape index (κ1) is 24.4. The van der Waals surface area contributed by atoms with E-state index in [1.54, 1.807) is 18.3 Å². The molecule has 1 aliphatic carbocycles. The molecule has 1 aliphatic rings. The van der Waals surface area contributed by atoms with Gasteiger partial charge in [-0.25, -0.2) is 4.98 Å². The Kier molecular flexibility index (Phi) is 7.48. The molecule has 182 valence electrons. The Balaban J connectivity index is 1.39. The van der Waals surface area contributed by atoms with Gasteiger partial charge in [-0.05, 0) is 80.1 Å². The number of nitrogens with zero attached hydrogens (tertiary/aromatic N) is 2. The van der Waals surface area contributed by atoms with E-state index in [0.29, 0.717) is 42.0 Å². The summed E-state index contributed by atoms with van der Waals surface area (Å²) in [6.45, 7) is 2.64. The van der Waals surface area contributed by atoms with E-state index in [2.05, 4.69) is 20.6 Å². The number of rotatable bonds is 7. The standard InChI is InChI=1S/C27H27F3N4O/c1-18-5-4-6-21(33-18)15-16-31-25-14-13-22(17-32-25)34-26(35)24-8-3-2-7-23(24)19-9-11-20(12-10-19)27(28,29)30/h4-6,9-14,17H,2-3,7-8,15-16H2,1H3,(H,31,32)(H,34,35). The van der Waals surface area contributed by atoms with E-state index in [1.165, 1.54) is 12.1 Å². The van der Waals surface area contributed by atoms with Crippen molar-refractivity contribution in [3.63, 3.8) is 0 Å². The van der Waals surface area contributed by atoms with Crippen molar-refractivity contribution in [1.82, 2.24) is 9.97 Å². The number of pyridine rings is 2. The van der Waals surface area contributed by atoms with Crippen LogP contribution in [-0.2, 0) is 17.4 Å². The first-order valence-electron chi connectivity index (χ1n) is 11.6. The fourth-order valence-corrected chi connectivity index (χ4v) is 4.17. The predicted octanol–water partition coefficient (Wildman–Crippen LogP) is 6.42. The number of carbonyl (C=O) groups excluding carboxylic acids is 1. The minimum absolute atomic E-state index is 0.243. The Bertz CT molecular complexity index is 1200. The van der Waals surface area contributed by atoms with Crippen molar-refractivity contribution >= 4 is 23.0 Å². The van der Waals surface area contributed by atoms with Gasteiger partial charge in [-0.1, -0.05) is 18.2 Å². The molecule has 8 heteroatoms. The lowest BCUT2D eigenvalue weighted by atomic mass is 9.86. The number of aromatic nitrogens is 2. The van der Waals surface area contributed by atoms with Gasteiger partial charge in [-0.2, -0.15) is 13.2 Å². The lowest BCUT2D eigenvalue weighted by Crippen LogP contribution is -2.18. The summed E-state index contributed by atoms with van der Waals surface area (Å²) in [6, 6.07) is 14.5. The van der Waals surface area contributed by atoms with Gasteiger partial charge in [0.1, 0.15) is 5.82 Å². The largest absolute Gasteiger partial charge is 0.416 e. The van der Waals surface area contributed by atoms with Crippen LogP contribution in [0.4, 0.5) is 24.7 Å². The Morgan fingerprint density at radius 1 is 1.00 bits per heavy atom. The number of carbonyl (C=O) groups is 1. The van der Waals surface area contributed by atoms with Gasteiger partial charge in [0, 0.05) is 29.9 Å². The summed E-state index contributed by atoms with van der Waals surface area (Å²) in [7, 11) is 0. The second kappa shape index (κ2) is 10.7. The first-order valence-corrected chi connectivity index (χ1v) is 11.6. The van der Waals surface area contributed by atoms with Gasteiger partial charge in [-0.15, -0.1) is 0 Å². The summed E-state index contributed by atoms with van der Waals surface area (Å²) in [6.07, 6.45) is 0.977. The zero-order valence-electron chi connectivity index (χ0n) is 19.5. The number of anilines is 2. The number of halogens is 3. The molecule has 0 spiro atoms. The Morgan fingerprint density at radius 2 is 1.77 bits per heavy atom. The smallest absolute Gasteiger partial charge is 0.370 e. The zero-order chi connectivity index (χ0) is 24.8. The number of alkyl halides is 3. The van der Waals surface area contributed by atoms with Crippen molar-refractivity contribution in [3.05, 3.63) is 88.9 Å². The number of nitrogens with one attached hydrogen (secondary N) is 2. The van der Waals surface area contributed by atoms with Crippen molar-refractivity contribution in [2.75, 3.05) is 17.2 Å². The van der Waals surface area contributed by atoms with E-state index in [0.717, 1.165) is 48.4 Å². The molecule has 2 heterocycles. The van der Waals surface area contributed by atoms with E-state index in [4.69, 9.17) is 0 Å². The lowest BCUT2D eigenvalue weighted by Gasteiger charge is -2.21. The molecule has 0 bridgehead atoms. The summed E-state index contributed by atoms with van der Waals surface area (Å²) in [5.74, 6) is 0.450. The van der Waals surface area contributed by atoms with Crippen LogP contribution in [0.2, 0.25) is 0 Å². The number of allylic oxidation sites excluding steroid dienone is 1. The van der Waals surface area contributed by atoms with E-state index in [9.17, 15) is 18.0 Å². The fraction of sp³-hybridized carbons (Fsp3) is 0.296. The quantitative estimate of drug-likeness (QED) is 0.409. The average Bonchev–Trinajstić information content (AvgIpc) is 2.85.